The summed E-state index contributed by atoms with van der Waals surface area (Å²) in [5.74, 6) is -0.417. The van der Waals surface area contributed by atoms with Crippen LogP contribution in [0.25, 0.3) is 16.4 Å². The molecule has 0 unspecified atom stereocenters. The first-order chi connectivity index (χ1) is 14.5. The van der Waals surface area contributed by atoms with Crippen LogP contribution in [0.1, 0.15) is 47.1 Å². The first kappa shape index (κ1) is 18.6. The van der Waals surface area contributed by atoms with Crippen molar-refractivity contribution in [3.8, 4) is 0 Å². The van der Waals surface area contributed by atoms with E-state index in [-0.39, 0.29) is 17.0 Å². The molecule has 0 amide bonds. The summed E-state index contributed by atoms with van der Waals surface area (Å²) in [5.41, 5.74) is 0.801. The van der Waals surface area contributed by atoms with E-state index in [0.29, 0.717) is 18.7 Å². The maximum Gasteiger partial charge on any atom is 0.295 e. The van der Waals surface area contributed by atoms with Gasteiger partial charge in [-0.1, -0.05) is 6.07 Å². The van der Waals surface area contributed by atoms with Gasteiger partial charge in [0.2, 0.25) is 0 Å². The van der Waals surface area contributed by atoms with Crippen LogP contribution in [0.5, 0.6) is 0 Å². The van der Waals surface area contributed by atoms with E-state index in [4.69, 9.17) is 4.74 Å². The number of pyridine rings is 2. The number of nitrogens with one attached hydrogen (secondary N) is 1. The van der Waals surface area contributed by atoms with Gasteiger partial charge in [-0.15, -0.1) is 0 Å². The molecule has 1 aliphatic heterocycles. The second kappa shape index (κ2) is 7.13. The van der Waals surface area contributed by atoms with Crippen molar-refractivity contribution in [1.29, 1.82) is 0 Å². The molecule has 1 fully saturated rings. The van der Waals surface area contributed by atoms with Crippen LogP contribution < -0.4 is 5.56 Å². The van der Waals surface area contributed by atoms with Gasteiger partial charge in [0, 0.05) is 25.3 Å². The van der Waals surface area contributed by atoms with E-state index in [0.717, 1.165) is 34.8 Å². The SMILES string of the molecule is O=C(c1cccc(C(F)F)n1)n1[nH]c(=O)c2cn3nc(C4CCOCC4)cc3cc21. The number of H-pyrrole nitrogens is 1. The highest BCUT2D eigenvalue weighted by Crippen LogP contribution is 2.27. The molecule has 10 heteroatoms. The number of alkyl halides is 2. The van der Waals surface area contributed by atoms with E-state index >= 15 is 0 Å². The molecule has 1 N–H and O–H groups in total. The van der Waals surface area contributed by atoms with Gasteiger partial charge in [0.15, 0.2) is 0 Å². The lowest BCUT2D eigenvalue weighted by Gasteiger charge is -2.19. The smallest absolute Gasteiger partial charge is 0.295 e. The number of hydrogen-bond donors (Lipinski definition) is 1. The molecule has 30 heavy (non-hydrogen) atoms. The molecular formula is C20H17F2N5O3. The third-order valence-electron chi connectivity index (χ3n) is 5.35. The number of rotatable bonds is 3. The summed E-state index contributed by atoms with van der Waals surface area (Å²) in [5, 5.41) is 7.32. The molecule has 0 bridgehead atoms. The molecule has 0 aromatic carbocycles. The second-order valence-corrected chi connectivity index (χ2v) is 7.23. The zero-order valence-corrected chi connectivity index (χ0v) is 15.7. The fourth-order valence-electron chi connectivity index (χ4n) is 3.79. The van der Waals surface area contributed by atoms with Crippen LogP contribution >= 0.6 is 0 Å². The summed E-state index contributed by atoms with van der Waals surface area (Å²) in [6.45, 7) is 1.37. The molecule has 0 atom stereocenters. The first-order valence-corrected chi connectivity index (χ1v) is 9.53. The highest BCUT2D eigenvalue weighted by molar-refractivity contribution is 6.00. The highest BCUT2D eigenvalue weighted by Gasteiger charge is 2.22. The third kappa shape index (κ3) is 3.09. The summed E-state index contributed by atoms with van der Waals surface area (Å²) < 4.78 is 33.9. The zero-order chi connectivity index (χ0) is 20.8. The largest absolute Gasteiger partial charge is 0.381 e. The van der Waals surface area contributed by atoms with E-state index in [1.165, 1.54) is 12.1 Å². The minimum absolute atomic E-state index is 0.183. The van der Waals surface area contributed by atoms with E-state index in [1.54, 1.807) is 16.8 Å². The molecule has 0 radical (unpaired) electrons. The van der Waals surface area contributed by atoms with Crippen LogP contribution in [0.2, 0.25) is 0 Å². The number of ether oxygens (including phenoxy) is 1. The number of aromatic amines is 1. The predicted molar refractivity (Wildman–Crippen MR) is 103 cm³/mol. The summed E-state index contributed by atoms with van der Waals surface area (Å²) in [4.78, 5) is 29.0. The monoisotopic (exact) mass is 413 g/mol. The summed E-state index contributed by atoms with van der Waals surface area (Å²) >= 11 is 0. The van der Waals surface area contributed by atoms with Crippen molar-refractivity contribution >= 4 is 22.3 Å². The predicted octanol–water partition coefficient (Wildman–Crippen LogP) is 2.89. The Bertz CT molecular complexity index is 1320. The minimum Gasteiger partial charge on any atom is -0.381 e. The lowest BCUT2D eigenvalue weighted by Crippen LogP contribution is -2.17. The topological polar surface area (TPSA) is 94.3 Å². The van der Waals surface area contributed by atoms with Crippen molar-refractivity contribution in [2.24, 2.45) is 0 Å². The molecule has 4 aromatic heterocycles. The van der Waals surface area contributed by atoms with Crippen LogP contribution in [0.4, 0.5) is 8.78 Å². The van der Waals surface area contributed by atoms with Crippen molar-refractivity contribution in [3.63, 3.8) is 0 Å². The van der Waals surface area contributed by atoms with Gasteiger partial charge in [-0.2, -0.15) is 5.10 Å². The third-order valence-corrected chi connectivity index (χ3v) is 5.35. The number of nitrogens with zero attached hydrogens (tertiary/aromatic N) is 4. The Balaban J connectivity index is 1.59. The summed E-state index contributed by atoms with van der Waals surface area (Å²) in [7, 11) is 0. The van der Waals surface area contributed by atoms with Crippen molar-refractivity contribution in [2.75, 3.05) is 13.2 Å². The maximum absolute atomic E-state index is 12.9. The molecule has 1 saturated heterocycles. The number of carbonyl (C=O) groups is 1. The zero-order valence-electron chi connectivity index (χ0n) is 15.7. The first-order valence-electron chi connectivity index (χ1n) is 9.53. The van der Waals surface area contributed by atoms with Gasteiger partial charge in [-0.25, -0.2) is 23.0 Å². The molecule has 5 heterocycles. The summed E-state index contributed by atoms with van der Waals surface area (Å²) in [6, 6.07) is 7.42. The van der Waals surface area contributed by atoms with E-state index in [1.807, 2.05) is 6.07 Å². The van der Waals surface area contributed by atoms with Crippen LogP contribution in [0, 0.1) is 0 Å². The summed E-state index contributed by atoms with van der Waals surface area (Å²) in [6.07, 6.45) is 0.522. The number of aromatic nitrogens is 5. The quantitative estimate of drug-likeness (QED) is 0.557. The fraction of sp³-hybridized carbons (Fsp3) is 0.300. The van der Waals surface area contributed by atoms with Gasteiger partial charge in [0.1, 0.15) is 11.4 Å². The van der Waals surface area contributed by atoms with Gasteiger partial charge in [0.05, 0.1) is 22.1 Å². The van der Waals surface area contributed by atoms with E-state index < -0.39 is 23.6 Å². The Morgan fingerprint density at radius 2 is 2.03 bits per heavy atom. The fourth-order valence-corrected chi connectivity index (χ4v) is 3.79. The molecule has 8 nitrogen and oxygen atoms in total. The molecule has 4 aromatic rings. The molecule has 1 aliphatic rings. The average molecular weight is 413 g/mol. The van der Waals surface area contributed by atoms with Crippen LogP contribution in [-0.2, 0) is 4.74 Å². The highest BCUT2D eigenvalue weighted by atomic mass is 19.3. The molecule has 5 rings (SSSR count). The number of halogens is 2. The van der Waals surface area contributed by atoms with Gasteiger partial charge in [-0.05, 0) is 37.1 Å². The molecule has 0 saturated carbocycles. The van der Waals surface area contributed by atoms with Crippen molar-refractivity contribution in [3.05, 3.63) is 64.0 Å². The molecular weight excluding hydrogens is 396 g/mol. The Hall–Kier alpha value is -3.40. The molecule has 154 valence electrons. The maximum atomic E-state index is 12.9. The molecule has 0 aliphatic carbocycles. The average Bonchev–Trinajstić information content (AvgIpc) is 3.33. The van der Waals surface area contributed by atoms with Crippen molar-refractivity contribution in [2.45, 2.75) is 25.2 Å². The normalized spacial score (nSPS) is 15.4. The number of carbonyl (C=O) groups excluding carboxylic acids is 1. The Morgan fingerprint density at radius 3 is 2.80 bits per heavy atom. The lowest BCUT2D eigenvalue weighted by molar-refractivity contribution is 0.0844. The van der Waals surface area contributed by atoms with E-state index in [2.05, 4.69) is 15.2 Å². The van der Waals surface area contributed by atoms with E-state index in [9.17, 15) is 18.4 Å². The second-order valence-electron chi connectivity index (χ2n) is 7.23. The Morgan fingerprint density at radius 1 is 1.23 bits per heavy atom. The van der Waals surface area contributed by atoms with Gasteiger partial charge < -0.3 is 4.74 Å². The number of fused-ring (bicyclic) bond motifs is 2. The number of hydrogen-bond acceptors (Lipinski definition) is 5. The van der Waals surface area contributed by atoms with Crippen LogP contribution in [0.3, 0.4) is 0 Å². The Labute approximate surface area is 168 Å². The standard InChI is InChI=1S/C20H17F2N5O3/c21-18(22)14-2-1-3-15(23-14)20(29)27-17-9-12-8-16(11-4-6-30-7-5-11)24-26(12)10-13(17)19(28)25-27/h1-3,8-11,18H,4-7H2,(H,25,28). The van der Waals surface area contributed by atoms with Crippen molar-refractivity contribution < 1.29 is 18.3 Å². The van der Waals surface area contributed by atoms with Crippen LogP contribution in [-0.4, -0.2) is 43.5 Å². The lowest BCUT2D eigenvalue weighted by atomic mass is 9.97. The van der Waals surface area contributed by atoms with Gasteiger partial charge in [0.25, 0.3) is 17.9 Å². The van der Waals surface area contributed by atoms with Crippen LogP contribution in [0.15, 0.2) is 41.3 Å². The molecule has 0 spiro atoms. The minimum atomic E-state index is -2.80. The van der Waals surface area contributed by atoms with Crippen molar-refractivity contribution in [1.82, 2.24) is 24.4 Å². The van der Waals surface area contributed by atoms with Gasteiger partial charge in [-0.3, -0.25) is 14.7 Å². The van der Waals surface area contributed by atoms with Gasteiger partial charge >= 0.3 is 0 Å². The Kier molecular flexibility index (Phi) is 4.43.